The van der Waals surface area contributed by atoms with Crippen molar-refractivity contribution in [2.75, 3.05) is 0 Å². The molecule has 1 rings (SSSR count). The van der Waals surface area contributed by atoms with E-state index in [0.717, 1.165) is 5.56 Å². The number of benzene rings is 1. The second-order valence-corrected chi connectivity index (χ2v) is 12.2. The maximum absolute atomic E-state index is 11.7. The van der Waals surface area contributed by atoms with Gasteiger partial charge in [0.25, 0.3) is 0 Å². The number of carbonyl (C=O) groups excluding carboxylic acids is 1. The topological polar surface area (TPSA) is 29.1 Å². The van der Waals surface area contributed by atoms with Gasteiger partial charge in [0, 0.05) is 12.6 Å². The van der Waals surface area contributed by atoms with Crippen molar-refractivity contribution in [3.63, 3.8) is 0 Å². The highest BCUT2D eigenvalue weighted by Crippen LogP contribution is 2.20. The average Bonchev–Trinajstić information content (AvgIpc) is 2.26. The van der Waals surface area contributed by atoms with Crippen molar-refractivity contribution in [2.45, 2.75) is 26.2 Å². The lowest BCUT2D eigenvalue weighted by Crippen LogP contribution is -2.25. The van der Waals surface area contributed by atoms with Gasteiger partial charge in [-0.2, -0.15) is 0 Å². The van der Waals surface area contributed by atoms with Crippen molar-refractivity contribution in [1.82, 2.24) is 5.32 Å². The highest BCUT2D eigenvalue weighted by molar-refractivity contribution is 14.1. The molecule has 1 aromatic rings. The van der Waals surface area contributed by atoms with Gasteiger partial charge in [0.05, 0.1) is 8.07 Å². The summed E-state index contributed by atoms with van der Waals surface area (Å²) in [6, 6.07) is 9.94. The van der Waals surface area contributed by atoms with Gasteiger partial charge in [-0.1, -0.05) is 72.6 Å². The molecule has 0 aromatic heterocycles. The van der Waals surface area contributed by atoms with Gasteiger partial charge >= 0.3 is 0 Å². The zero-order valence-electron chi connectivity index (χ0n) is 10.5. The summed E-state index contributed by atoms with van der Waals surface area (Å²) >= 11 is 2.28. The van der Waals surface area contributed by atoms with E-state index in [1.165, 1.54) is 3.20 Å². The lowest BCUT2D eigenvalue weighted by molar-refractivity contribution is -0.116. The quantitative estimate of drug-likeness (QED) is 0.498. The minimum atomic E-state index is -1.34. The van der Waals surface area contributed by atoms with Crippen LogP contribution in [0.4, 0.5) is 0 Å². The largest absolute Gasteiger partial charge is 0.348 e. The van der Waals surface area contributed by atoms with Gasteiger partial charge < -0.3 is 5.32 Å². The van der Waals surface area contributed by atoms with E-state index in [1.807, 2.05) is 30.3 Å². The van der Waals surface area contributed by atoms with Crippen LogP contribution in [0.5, 0.6) is 0 Å². The van der Waals surface area contributed by atoms with Gasteiger partial charge in [0.2, 0.25) is 5.91 Å². The van der Waals surface area contributed by atoms with Gasteiger partial charge in [-0.15, -0.1) is 0 Å². The van der Waals surface area contributed by atoms with Gasteiger partial charge in [0.15, 0.2) is 0 Å². The Morgan fingerprint density at radius 3 is 2.41 bits per heavy atom. The zero-order chi connectivity index (χ0) is 12.9. The summed E-state index contributed by atoms with van der Waals surface area (Å²) in [4.78, 5) is 11.7. The van der Waals surface area contributed by atoms with Crippen LogP contribution in [0.15, 0.2) is 39.6 Å². The third-order valence-electron chi connectivity index (χ3n) is 2.28. The van der Waals surface area contributed by atoms with Crippen LogP contribution in [0.1, 0.15) is 5.56 Å². The monoisotopic (exact) mass is 359 g/mol. The molecule has 0 aliphatic rings. The second kappa shape index (κ2) is 6.35. The van der Waals surface area contributed by atoms with E-state index >= 15 is 0 Å². The number of rotatable bonds is 4. The summed E-state index contributed by atoms with van der Waals surface area (Å²) in [7, 11) is -1.34. The van der Waals surface area contributed by atoms with Crippen LogP contribution in [0.25, 0.3) is 0 Å². The van der Waals surface area contributed by atoms with Crippen molar-refractivity contribution < 1.29 is 4.79 Å². The van der Waals surface area contributed by atoms with Crippen LogP contribution in [0.3, 0.4) is 0 Å². The van der Waals surface area contributed by atoms with Crippen LogP contribution >= 0.6 is 22.6 Å². The molecule has 17 heavy (non-hydrogen) atoms. The maximum Gasteiger partial charge on any atom is 0.244 e. The summed E-state index contributed by atoms with van der Waals surface area (Å²) in [5.41, 5.74) is 1.12. The fourth-order valence-electron chi connectivity index (χ4n) is 1.17. The van der Waals surface area contributed by atoms with E-state index in [2.05, 4.69) is 47.5 Å². The normalized spacial score (nSPS) is 12.4. The van der Waals surface area contributed by atoms with E-state index < -0.39 is 8.07 Å². The number of amides is 1. The fraction of sp³-hybridized carbons (Fsp3) is 0.308. The highest BCUT2D eigenvalue weighted by atomic mass is 127. The SMILES string of the molecule is C[Si](C)(C)C(I)=CC(=O)NCc1ccccc1. The summed E-state index contributed by atoms with van der Waals surface area (Å²) in [6.07, 6.45) is 1.73. The summed E-state index contributed by atoms with van der Waals surface area (Å²) in [5, 5.41) is 2.90. The predicted molar refractivity (Wildman–Crippen MR) is 83.7 cm³/mol. The Bertz CT molecular complexity index is 409. The smallest absolute Gasteiger partial charge is 0.244 e. The number of halogens is 1. The van der Waals surface area contributed by atoms with Crippen LogP contribution in [-0.2, 0) is 11.3 Å². The van der Waals surface area contributed by atoms with Crippen LogP contribution < -0.4 is 5.32 Å². The molecule has 2 nitrogen and oxygen atoms in total. The van der Waals surface area contributed by atoms with Crippen LogP contribution in [0.2, 0.25) is 19.6 Å². The molecule has 0 heterocycles. The molecule has 0 saturated carbocycles. The Balaban J connectivity index is 2.52. The number of hydrogen-bond donors (Lipinski definition) is 1. The molecular formula is C13H18INOSi. The Hall–Kier alpha value is -0.623. The molecule has 0 aliphatic heterocycles. The molecule has 1 amide bonds. The van der Waals surface area contributed by atoms with Gasteiger partial charge in [0.1, 0.15) is 0 Å². The number of nitrogens with one attached hydrogen (secondary N) is 1. The third kappa shape index (κ3) is 5.50. The van der Waals surface area contributed by atoms with Crippen molar-refractivity contribution >= 4 is 36.6 Å². The molecule has 92 valence electrons. The van der Waals surface area contributed by atoms with Gasteiger partial charge in [-0.3, -0.25) is 4.79 Å². The van der Waals surface area contributed by atoms with E-state index in [-0.39, 0.29) is 5.91 Å². The summed E-state index contributed by atoms with van der Waals surface area (Å²) in [6.45, 7) is 7.28. The molecule has 1 aromatic carbocycles. The van der Waals surface area contributed by atoms with Gasteiger partial charge in [-0.05, 0) is 8.77 Å². The van der Waals surface area contributed by atoms with Crippen molar-refractivity contribution in [2.24, 2.45) is 0 Å². The van der Waals surface area contributed by atoms with E-state index in [0.29, 0.717) is 6.54 Å². The standard InChI is InChI=1S/C13H18INOSi/c1-17(2,3)12(14)9-13(16)15-10-11-7-5-4-6-8-11/h4-9H,10H2,1-3H3,(H,15,16). The first-order valence-electron chi connectivity index (χ1n) is 5.59. The molecule has 0 bridgehead atoms. The molecule has 1 N–H and O–H groups in total. The minimum Gasteiger partial charge on any atom is -0.348 e. The average molecular weight is 359 g/mol. The van der Waals surface area contributed by atoms with Crippen LogP contribution in [-0.4, -0.2) is 14.0 Å². The lowest BCUT2D eigenvalue weighted by Gasteiger charge is -2.14. The van der Waals surface area contributed by atoms with Gasteiger partial charge in [-0.25, -0.2) is 0 Å². The Kier molecular flexibility index (Phi) is 5.39. The second-order valence-electron chi connectivity index (χ2n) is 4.95. The van der Waals surface area contributed by atoms with E-state index in [4.69, 9.17) is 0 Å². The Morgan fingerprint density at radius 1 is 1.29 bits per heavy atom. The summed E-state index contributed by atoms with van der Waals surface area (Å²) in [5.74, 6) is 0.000628. The number of hydrogen-bond acceptors (Lipinski definition) is 1. The lowest BCUT2D eigenvalue weighted by atomic mass is 10.2. The molecule has 0 spiro atoms. The molecule has 0 saturated heterocycles. The molecule has 0 atom stereocenters. The third-order valence-corrected chi connectivity index (χ3v) is 9.03. The molecule has 0 radical (unpaired) electrons. The maximum atomic E-state index is 11.7. The van der Waals surface area contributed by atoms with E-state index in [1.54, 1.807) is 6.08 Å². The molecule has 0 unspecified atom stereocenters. The van der Waals surface area contributed by atoms with Crippen molar-refractivity contribution in [1.29, 1.82) is 0 Å². The fourth-order valence-corrected chi connectivity index (χ4v) is 2.01. The first-order chi connectivity index (χ1) is 7.89. The summed E-state index contributed by atoms with van der Waals surface area (Å²) < 4.78 is 1.20. The van der Waals surface area contributed by atoms with Crippen LogP contribution in [0, 0.1) is 0 Å². The number of carbonyl (C=O) groups is 1. The first-order valence-corrected chi connectivity index (χ1v) is 10.2. The van der Waals surface area contributed by atoms with E-state index in [9.17, 15) is 4.79 Å². The molecular weight excluding hydrogens is 341 g/mol. The molecule has 0 fully saturated rings. The Labute approximate surface area is 118 Å². The highest BCUT2D eigenvalue weighted by Gasteiger charge is 2.17. The first kappa shape index (κ1) is 14.4. The minimum absolute atomic E-state index is 0.000628. The molecule has 0 aliphatic carbocycles. The zero-order valence-corrected chi connectivity index (χ0v) is 13.6. The molecule has 4 heteroatoms. The van der Waals surface area contributed by atoms with Crippen molar-refractivity contribution in [3.8, 4) is 0 Å². The Morgan fingerprint density at radius 2 is 1.88 bits per heavy atom. The van der Waals surface area contributed by atoms with Crippen molar-refractivity contribution in [3.05, 3.63) is 45.2 Å². The predicted octanol–water partition coefficient (Wildman–Crippen LogP) is 3.50.